The Morgan fingerprint density at radius 3 is 2.60 bits per heavy atom. The smallest absolute Gasteiger partial charge is 0.241 e. The fraction of sp³-hybridized carbons (Fsp3) is 0.812. The Bertz CT molecular complexity index is 581. The normalized spacial score (nSPS) is 19.2. The number of aromatic nitrogens is 4. The molecule has 3 heterocycles. The van der Waals surface area contributed by atoms with Crippen LogP contribution in [0.5, 0.6) is 0 Å². The van der Waals surface area contributed by atoms with Crippen molar-refractivity contribution in [3.63, 3.8) is 0 Å². The molecule has 9 nitrogen and oxygen atoms in total. The predicted octanol–water partition coefficient (Wildman–Crippen LogP) is -0.212. The van der Waals surface area contributed by atoms with Gasteiger partial charge in [-0.25, -0.2) is 4.68 Å². The molecule has 138 valence electrons. The maximum absolute atomic E-state index is 12.1. The summed E-state index contributed by atoms with van der Waals surface area (Å²) in [6.45, 7) is 4.75. The van der Waals surface area contributed by atoms with E-state index in [2.05, 4.69) is 25.7 Å². The molecule has 0 atom stereocenters. The van der Waals surface area contributed by atoms with Crippen molar-refractivity contribution in [3.05, 3.63) is 5.82 Å². The maximum Gasteiger partial charge on any atom is 0.241 e. The molecule has 0 radical (unpaired) electrons. The van der Waals surface area contributed by atoms with Gasteiger partial charge in [-0.2, -0.15) is 0 Å². The van der Waals surface area contributed by atoms with Crippen molar-refractivity contribution in [2.24, 2.45) is 0 Å². The third kappa shape index (κ3) is 5.22. The van der Waals surface area contributed by atoms with Crippen LogP contribution < -0.4 is 5.32 Å². The predicted molar refractivity (Wildman–Crippen MR) is 90.4 cm³/mol. The quantitative estimate of drug-likeness (QED) is 0.732. The zero-order chi connectivity index (χ0) is 17.5. The summed E-state index contributed by atoms with van der Waals surface area (Å²) >= 11 is 0. The standard InChI is InChI=1S/C16H27N7O2/c24-15(17-7-11-22-10-5-6-16(22)25)13-23-14(18-19-20-23)12-21-8-3-1-2-4-9-21/h1-13H2,(H,17,24). The third-order valence-corrected chi connectivity index (χ3v) is 4.84. The lowest BCUT2D eigenvalue weighted by Gasteiger charge is -2.19. The van der Waals surface area contributed by atoms with Crippen LogP contribution >= 0.6 is 0 Å². The van der Waals surface area contributed by atoms with Gasteiger partial charge in [0.1, 0.15) is 6.54 Å². The summed E-state index contributed by atoms with van der Waals surface area (Å²) in [6.07, 6.45) is 6.51. The number of carbonyl (C=O) groups is 2. The Labute approximate surface area is 147 Å². The van der Waals surface area contributed by atoms with Crippen LogP contribution in [0.15, 0.2) is 0 Å². The molecule has 0 saturated carbocycles. The topological polar surface area (TPSA) is 96.2 Å². The van der Waals surface area contributed by atoms with Gasteiger partial charge in [-0.3, -0.25) is 14.5 Å². The molecule has 0 aromatic carbocycles. The summed E-state index contributed by atoms with van der Waals surface area (Å²) in [5.41, 5.74) is 0. The molecule has 1 aromatic heterocycles. The molecule has 0 aliphatic carbocycles. The fourth-order valence-corrected chi connectivity index (χ4v) is 3.42. The Kier molecular flexibility index (Phi) is 6.32. The van der Waals surface area contributed by atoms with Crippen LogP contribution in [0.25, 0.3) is 0 Å². The summed E-state index contributed by atoms with van der Waals surface area (Å²) in [5, 5.41) is 14.6. The molecule has 1 aromatic rings. The van der Waals surface area contributed by atoms with Gasteiger partial charge < -0.3 is 10.2 Å². The highest BCUT2D eigenvalue weighted by Crippen LogP contribution is 2.12. The number of tetrazole rings is 1. The van der Waals surface area contributed by atoms with Crippen molar-refractivity contribution in [2.75, 3.05) is 32.7 Å². The number of nitrogens with zero attached hydrogens (tertiary/aromatic N) is 6. The van der Waals surface area contributed by atoms with Crippen molar-refractivity contribution >= 4 is 11.8 Å². The summed E-state index contributed by atoms with van der Waals surface area (Å²) in [6, 6.07) is 0. The number of hydrogen-bond acceptors (Lipinski definition) is 6. The summed E-state index contributed by atoms with van der Waals surface area (Å²) in [5.74, 6) is 0.775. The van der Waals surface area contributed by atoms with Gasteiger partial charge >= 0.3 is 0 Å². The number of nitrogens with one attached hydrogen (secondary N) is 1. The minimum Gasteiger partial charge on any atom is -0.353 e. The molecule has 2 amide bonds. The first-order valence-corrected chi connectivity index (χ1v) is 9.24. The Hall–Kier alpha value is -2.03. The molecule has 0 unspecified atom stereocenters. The van der Waals surface area contributed by atoms with E-state index in [-0.39, 0.29) is 18.4 Å². The van der Waals surface area contributed by atoms with E-state index >= 15 is 0 Å². The SMILES string of the molecule is O=C(Cn1nnnc1CN1CCCCCC1)NCCN1CCCC1=O. The van der Waals surface area contributed by atoms with Crippen LogP contribution in [0.3, 0.4) is 0 Å². The largest absolute Gasteiger partial charge is 0.353 e. The molecule has 3 rings (SSSR count). The number of hydrogen-bond donors (Lipinski definition) is 1. The number of amides is 2. The fourth-order valence-electron chi connectivity index (χ4n) is 3.42. The Balaban J connectivity index is 1.43. The highest BCUT2D eigenvalue weighted by molar-refractivity contribution is 5.78. The zero-order valence-electron chi connectivity index (χ0n) is 14.7. The van der Waals surface area contributed by atoms with Crippen LogP contribution in [0.1, 0.15) is 44.3 Å². The lowest BCUT2D eigenvalue weighted by atomic mass is 10.2. The first-order valence-electron chi connectivity index (χ1n) is 9.24. The summed E-state index contributed by atoms with van der Waals surface area (Å²) < 4.78 is 1.57. The molecule has 2 aliphatic heterocycles. The Morgan fingerprint density at radius 2 is 1.88 bits per heavy atom. The minimum absolute atomic E-state index is 0.115. The number of carbonyl (C=O) groups excluding carboxylic acids is 2. The molecular formula is C16H27N7O2. The van der Waals surface area contributed by atoms with Gasteiger partial charge in [0.25, 0.3) is 0 Å². The van der Waals surface area contributed by atoms with E-state index in [1.807, 2.05) is 0 Å². The second kappa shape index (κ2) is 8.89. The van der Waals surface area contributed by atoms with Crippen molar-refractivity contribution in [1.82, 2.24) is 35.3 Å². The number of likely N-dealkylation sites (tertiary alicyclic amines) is 2. The first kappa shape index (κ1) is 17.8. The van der Waals surface area contributed by atoms with Crippen molar-refractivity contribution in [3.8, 4) is 0 Å². The van der Waals surface area contributed by atoms with Gasteiger partial charge in [0, 0.05) is 26.1 Å². The molecule has 0 bridgehead atoms. The zero-order valence-corrected chi connectivity index (χ0v) is 14.7. The molecule has 25 heavy (non-hydrogen) atoms. The van der Waals surface area contributed by atoms with Crippen LogP contribution in [-0.4, -0.2) is 74.5 Å². The first-order chi connectivity index (χ1) is 12.2. The number of rotatable bonds is 7. The van der Waals surface area contributed by atoms with E-state index in [0.29, 0.717) is 26.1 Å². The maximum atomic E-state index is 12.1. The van der Waals surface area contributed by atoms with E-state index in [4.69, 9.17) is 0 Å². The van der Waals surface area contributed by atoms with E-state index in [0.717, 1.165) is 31.9 Å². The van der Waals surface area contributed by atoms with E-state index < -0.39 is 0 Å². The van der Waals surface area contributed by atoms with Crippen molar-refractivity contribution in [1.29, 1.82) is 0 Å². The van der Waals surface area contributed by atoms with Crippen LogP contribution in [0, 0.1) is 0 Å². The van der Waals surface area contributed by atoms with Crippen molar-refractivity contribution in [2.45, 2.75) is 51.6 Å². The van der Waals surface area contributed by atoms with E-state index in [1.165, 1.54) is 25.7 Å². The monoisotopic (exact) mass is 349 g/mol. The summed E-state index contributed by atoms with van der Waals surface area (Å²) in [7, 11) is 0. The van der Waals surface area contributed by atoms with Crippen LogP contribution in [-0.2, 0) is 22.7 Å². The van der Waals surface area contributed by atoms with Gasteiger partial charge in [-0.15, -0.1) is 5.10 Å². The average molecular weight is 349 g/mol. The average Bonchev–Trinajstić information content (AvgIpc) is 3.10. The Morgan fingerprint density at radius 1 is 1.08 bits per heavy atom. The second-order valence-electron chi connectivity index (χ2n) is 6.78. The van der Waals surface area contributed by atoms with Crippen LogP contribution in [0.4, 0.5) is 0 Å². The molecule has 2 fully saturated rings. The molecule has 0 spiro atoms. The van der Waals surface area contributed by atoms with E-state index in [9.17, 15) is 9.59 Å². The van der Waals surface area contributed by atoms with Crippen LogP contribution in [0.2, 0.25) is 0 Å². The van der Waals surface area contributed by atoms with E-state index in [1.54, 1.807) is 9.58 Å². The lowest BCUT2D eigenvalue weighted by Crippen LogP contribution is -2.37. The summed E-state index contributed by atoms with van der Waals surface area (Å²) in [4.78, 5) is 27.8. The second-order valence-corrected chi connectivity index (χ2v) is 6.78. The van der Waals surface area contributed by atoms with Gasteiger partial charge in [-0.1, -0.05) is 12.8 Å². The van der Waals surface area contributed by atoms with Gasteiger partial charge in [0.15, 0.2) is 5.82 Å². The lowest BCUT2D eigenvalue weighted by molar-refractivity contribution is -0.128. The molecule has 9 heteroatoms. The highest BCUT2D eigenvalue weighted by Gasteiger charge is 2.20. The highest BCUT2D eigenvalue weighted by atomic mass is 16.2. The molecular weight excluding hydrogens is 322 g/mol. The molecule has 2 aliphatic rings. The minimum atomic E-state index is -0.129. The molecule has 2 saturated heterocycles. The van der Waals surface area contributed by atoms with Gasteiger partial charge in [-0.05, 0) is 42.8 Å². The van der Waals surface area contributed by atoms with Gasteiger partial charge in [0.2, 0.25) is 11.8 Å². The third-order valence-electron chi connectivity index (χ3n) is 4.84. The molecule has 1 N–H and O–H groups in total. The van der Waals surface area contributed by atoms with Gasteiger partial charge in [0.05, 0.1) is 6.54 Å². The van der Waals surface area contributed by atoms with Crippen molar-refractivity contribution < 1.29 is 9.59 Å².